The summed E-state index contributed by atoms with van der Waals surface area (Å²) in [6.07, 6.45) is 4.48. The minimum absolute atomic E-state index is 0.198. The van der Waals surface area contributed by atoms with Crippen molar-refractivity contribution in [3.63, 3.8) is 0 Å². The van der Waals surface area contributed by atoms with Gasteiger partial charge in [-0.2, -0.15) is 5.10 Å². The molecule has 1 aromatic heterocycles. The van der Waals surface area contributed by atoms with Gasteiger partial charge in [-0.05, 0) is 37.0 Å². The second kappa shape index (κ2) is 6.08. The fourth-order valence-corrected chi connectivity index (χ4v) is 2.81. The number of nitrogens with zero attached hydrogens (tertiary/aromatic N) is 3. The molecular formula is C16H17ClFN3O. The number of hydrogen-bond acceptors (Lipinski definition) is 3. The molecule has 1 saturated carbocycles. The highest BCUT2D eigenvalue weighted by Crippen LogP contribution is 2.34. The molecular weight excluding hydrogens is 305 g/mol. The van der Waals surface area contributed by atoms with E-state index in [1.54, 1.807) is 19.3 Å². The molecule has 0 saturated heterocycles. The molecule has 1 aliphatic rings. The molecule has 0 N–H and O–H groups in total. The summed E-state index contributed by atoms with van der Waals surface area (Å²) in [5, 5.41) is 4.26. The number of benzene rings is 1. The third-order valence-electron chi connectivity index (χ3n) is 3.89. The maximum absolute atomic E-state index is 13.3. The van der Waals surface area contributed by atoms with Gasteiger partial charge in [-0.3, -0.25) is 4.79 Å². The van der Waals surface area contributed by atoms with Crippen molar-refractivity contribution in [2.24, 2.45) is 7.05 Å². The number of hydrogen-bond donors (Lipinski definition) is 0. The summed E-state index contributed by atoms with van der Waals surface area (Å²) in [5.41, 5.74) is 1.30. The van der Waals surface area contributed by atoms with Gasteiger partial charge in [-0.1, -0.05) is 23.7 Å². The molecule has 1 aromatic carbocycles. The predicted molar refractivity (Wildman–Crippen MR) is 85.0 cm³/mol. The van der Waals surface area contributed by atoms with Crippen molar-refractivity contribution in [3.8, 4) is 0 Å². The van der Waals surface area contributed by atoms with Gasteiger partial charge in [-0.25, -0.2) is 9.07 Å². The molecule has 0 amide bonds. The molecule has 0 unspecified atom stereocenters. The van der Waals surface area contributed by atoms with E-state index in [2.05, 4.69) is 10.00 Å². The molecule has 1 fully saturated rings. The monoisotopic (exact) mass is 321 g/mol. The Labute approximate surface area is 133 Å². The van der Waals surface area contributed by atoms with Crippen molar-refractivity contribution < 1.29 is 4.39 Å². The van der Waals surface area contributed by atoms with Gasteiger partial charge >= 0.3 is 0 Å². The SMILES string of the molecule is Cn1ncc(N(CCc2cccc(F)c2)C2CC2)c(Cl)c1=O. The number of halogens is 2. The zero-order valence-electron chi connectivity index (χ0n) is 12.3. The largest absolute Gasteiger partial charge is 0.366 e. The van der Waals surface area contributed by atoms with Gasteiger partial charge in [-0.15, -0.1) is 0 Å². The van der Waals surface area contributed by atoms with Crippen molar-refractivity contribution in [2.45, 2.75) is 25.3 Å². The van der Waals surface area contributed by atoms with Crippen LogP contribution in [0, 0.1) is 5.82 Å². The number of anilines is 1. The lowest BCUT2D eigenvalue weighted by atomic mass is 10.1. The van der Waals surface area contributed by atoms with E-state index in [9.17, 15) is 9.18 Å². The van der Waals surface area contributed by atoms with Gasteiger partial charge in [0.1, 0.15) is 10.8 Å². The highest BCUT2D eigenvalue weighted by Gasteiger charge is 2.31. The molecule has 0 atom stereocenters. The van der Waals surface area contributed by atoms with Gasteiger partial charge in [0.2, 0.25) is 0 Å². The quantitative estimate of drug-likeness (QED) is 0.850. The Hall–Kier alpha value is -1.88. The van der Waals surface area contributed by atoms with Crippen molar-refractivity contribution >= 4 is 17.3 Å². The van der Waals surface area contributed by atoms with Gasteiger partial charge in [0, 0.05) is 19.6 Å². The van der Waals surface area contributed by atoms with Gasteiger partial charge in [0.05, 0.1) is 11.9 Å². The van der Waals surface area contributed by atoms with Crippen LogP contribution in [0.5, 0.6) is 0 Å². The van der Waals surface area contributed by atoms with Crippen molar-refractivity contribution in [3.05, 3.63) is 57.2 Å². The zero-order chi connectivity index (χ0) is 15.7. The average Bonchev–Trinajstić information content (AvgIpc) is 3.32. The number of aromatic nitrogens is 2. The summed E-state index contributed by atoms with van der Waals surface area (Å²) in [7, 11) is 1.58. The lowest BCUT2D eigenvalue weighted by molar-refractivity contribution is 0.624. The van der Waals surface area contributed by atoms with E-state index in [4.69, 9.17) is 11.6 Å². The highest BCUT2D eigenvalue weighted by molar-refractivity contribution is 6.33. The van der Waals surface area contributed by atoms with Gasteiger partial charge in [0.25, 0.3) is 5.56 Å². The minimum Gasteiger partial charge on any atom is -0.366 e. The third kappa shape index (κ3) is 3.14. The Bertz CT molecular complexity index is 742. The normalized spacial score (nSPS) is 14.1. The molecule has 22 heavy (non-hydrogen) atoms. The first-order valence-corrected chi connectivity index (χ1v) is 7.67. The van der Waals surface area contributed by atoms with E-state index in [0.29, 0.717) is 24.7 Å². The Morgan fingerprint density at radius 3 is 2.91 bits per heavy atom. The van der Waals surface area contributed by atoms with E-state index in [-0.39, 0.29) is 16.4 Å². The predicted octanol–water partition coefficient (Wildman–Crippen LogP) is 2.78. The van der Waals surface area contributed by atoms with Crippen LogP contribution in [-0.4, -0.2) is 22.4 Å². The summed E-state index contributed by atoms with van der Waals surface area (Å²) < 4.78 is 14.5. The molecule has 3 rings (SSSR count). The van der Waals surface area contributed by atoms with E-state index < -0.39 is 0 Å². The van der Waals surface area contributed by atoms with Crippen LogP contribution in [0.1, 0.15) is 18.4 Å². The Morgan fingerprint density at radius 2 is 2.23 bits per heavy atom. The van der Waals surface area contributed by atoms with Gasteiger partial charge in [0.15, 0.2) is 0 Å². The minimum atomic E-state index is -0.296. The smallest absolute Gasteiger partial charge is 0.287 e. The fourth-order valence-electron chi connectivity index (χ4n) is 2.53. The van der Waals surface area contributed by atoms with E-state index in [1.165, 1.54) is 16.8 Å². The first-order valence-electron chi connectivity index (χ1n) is 7.29. The molecule has 0 aliphatic heterocycles. The van der Waals surface area contributed by atoms with Crippen molar-refractivity contribution in [1.82, 2.24) is 9.78 Å². The Kier molecular flexibility index (Phi) is 4.16. The molecule has 6 heteroatoms. The lowest BCUT2D eigenvalue weighted by Crippen LogP contribution is -2.31. The lowest BCUT2D eigenvalue weighted by Gasteiger charge is -2.25. The Morgan fingerprint density at radius 1 is 1.45 bits per heavy atom. The Balaban J connectivity index is 1.82. The van der Waals surface area contributed by atoms with Crippen LogP contribution in [0.15, 0.2) is 35.3 Å². The topological polar surface area (TPSA) is 38.1 Å². The van der Waals surface area contributed by atoms with Gasteiger partial charge < -0.3 is 4.90 Å². The maximum atomic E-state index is 13.3. The van der Waals surface area contributed by atoms with Crippen LogP contribution in [0.2, 0.25) is 5.02 Å². The molecule has 4 nitrogen and oxygen atoms in total. The van der Waals surface area contributed by atoms with Crippen LogP contribution in [0.3, 0.4) is 0 Å². The zero-order valence-corrected chi connectivity index (χ0v) is 13.1. The second-order valence-electron chi connectivity index (χ2n) is 5.58. The molecule has 116 valence electrons. The van der Waals surface area contributed by atoms with E-state index in [0.717, 1.165) is 18.4 Å². The number of rotatable bonds is 5. The molecule has 2 aromatic rings. The maximum Gasteiger partial charge on any atom is 0.287 e. The summed E-state index contributed by atoms with van der Waals surface area (Å²) in [5.74, 6) is -0.233. The van der Waals surface area contributed by atoms with Crippen LogP contribution in [0.25, 0.3) is 0 Å². The second-order valence-corrected chi connectivity index (χ2v) is 5.96. The van der Waals surface area contributed by atoms with Crippen LogP contribution in [-0.2, 0) is 13.5 Å². The van der Waals surface area contributed by atoms with E-state index in [1.807, 2.05) is 6.07 Å². The molecule has 0 bridgehead atoms. The van der Waals surface area contributed by atoms with E-state index >= 15 is 0 Å². The third-order valence-corrected chi connectivity index (χ3v) is 4.24. The molecule has 1 heterocycles. The molecule has 1 aliphatic carbocycles. The summed E-state index contributed by atoms with van der Waals surface area (Å²) in [6.45, 7) is 0.683. The van der Waals surface area contributed by atoms with Crippen LogP contribution < -0.4 is 10.5 Å². The number of aryl methyl sites for hydroxylation is 1. The first kappa shape index (κ1) is 15.0. The van der Waals surface area contributed by atoms with Crippen molar-refractivity contribution in [1.29, 1.82) is 0 Å². The fraction of sp³-hybridized carbons (Fsp3) is 0.375. The highest BCUT2D eigenvalue weighted by atomic mass is 35.5. The van der Waals surface area contributed by atoms with Crippen LogP contribution >= 0.6 is 11.6 Å². The summed E-state index contributed by atoms with van der Waals surface area (Å²) >= 11 is 6.20. The molecule has 0 spiro atoms. The molecule has 0 radical (unpaired) electrons. The standard InChI is InChI=1S/C16H17ClFN3O/c1-20-16(22)15(17)14(10-19-20)21(13-5-6-13)8-7-11-3-2-4-12(18)9-11/h2-4,9-10,13H,5-8H2,1H3. The summed E-state index contributed by atoms with van der Waals surface area (Å²) in [4.78, 5) is 14.1. The van der Waals surface area contributed by atoms with Crippen molar-refractivity contribution in [2.75, 3.05) is 11.4 Å². The average molecular weight is 322 g/mol. The van der Waals surface area contributed by atoms with Crippen LogP contribution in [0.4, 0.5) is 10.1 Å². The summed E-state index contributed by atoms with van der Waals surface area (Å²) in [6, 6.07) is 6.97. The first-order chi connectivity index (χ1) is 10.6.